The van der Waals surface area contributed by atoms with Crippen molar-refractivity contribution in [1.29, 1.82) is 0 Å². The predicted molar refractivity (Wildman–Crippen MR) is 74.7 cm³/mol. The van der Waals surface area contributed by atoms with E-state index in [1.807, 2.05) is 13.8 Å². The van der Waals surface area contributed by atoms with E-state index in [-0.39, 0.29) is 6.54 Å². The van der Waals surface area contributed by atoms with Crippen LogP contribution in [0.2, 0.25) is 0 Å². The Kier molecular flexibility index (Phi) is 6.64. The maximum atomic E-state index is 12.4. The summed E-state index contributed by atoms with van der Waals surface area (Å²) in [6, 6.07) is 4.43. The number of nitrogens with one attached hydrogen (secondary N) is 1. The minimum Gasteiger partial charge on any atom is -0.392 e. The number of aliphatic hydroxyl groups is 2. The zero-order valence-electron chi connectivity index (χ0n) is 12.2. The molecule has 0 bridgehead atoms. The van der Waals surface area contributed by atoms with Gasteiger partial charge in [-0.3, -0.25) is 0 Å². The molecule has 1 aromatic carbocycles. The molecule has 3 nitrogen and oxygen atoms in total. The number of hydrogen-bond donors (Lipinski definition) is 3. The summed E-state index contributed by atoms with van der Waals surface area (Å²) in [7, 11) is 0. The molecule has 0 saturated carbocycles. The fourth-order valence-corrected chi connectivity index (χ4v) is 2.03. The second-order valence-electron chi connectivity index (χ2n) is 5.58. The molecule has 2 atom stereocenters. The second-order valence-corrected chi connectivity index (χ2v) is 5.58. The lowest BCUT2D eigenvalue weighted by Crippen LogP contribution is -2.31. The summed E-state index contributed by atoms with van der Waals surface area (Å²) >= 11 is 0. The lowest BCUT2D eigenvalue weighted by atomic mass is 10.1. The van der Waals surface area contributed by atoms with Crippen LogP contribution >= 0.6 is 0 Å². The van der Waals surface area contributed by atoms with Crippen molar-refractivity contribution < 1.29 is 23.4 Å². The quantitative estimate of drug-likeness (QED) is 0.726. The van der Waals surface area contributed by atoms with Crippen LogP contribution in [0.4, 0.5) is 13.2 Å². The number of alkyl halides is 3. The lowest BCUT2D eigenvalue weighted by Gasteiger charge is -2.17. The van der Waals surface area contributed by atoms with Crippen molar-refractivity contribution >= 4 is 0 Å². The molecule has 3 N–H and O–H groups in total. The highest BCUT2D eigenvalue weighted by molar-refractivity contribution is 5.26. The minimum absolute atomic E-state index is 0.181. The Bertz CT molecular complexity index is 418. The van der Waals surface area contributed by atoms with Crippen LogP contribution in [0.5, 0.6) is 0 Å². The molecule has 2 unspecified atom stereocenters. The molecule has 0 aliphatic heterocycles. The fourth-order valence-electron chi connectivity index (χ4n) is 2.03. The Balaban J connectivity index is 2.44. The Morgan fingerprint density at radius 1 is 1.05 bits per heavy atom. The van der Waals surface area contributed by atoms with Crippen molar-refractivity contribution in [1.82, 2.24) is 5.32 Å². The SMILES string of the molecule is CC(C)CC(O)CNCC(O)c1ccc(C(F)(F)F)cc1. The number of aliphatic hydroxyl groups excluding tert-OH is 2. The van der Waals surface area contributed by atoms with E-state index in [4.69, 9.17) is 0 Å². The molecule has 0 heterocycles. The first-order chi connectivity index (χ1) is 9.70. The zero-order chi connectivity index (χ0) is 16.0. The van der Waals surface area contributed by atoms with Gasteiger partial charge in [0.15, 0.2) is 0 Å². The first-order valence-electron chi connectivity index (χ1n) is 6.94. The van der Waals surface area contributed by atoms with E-state index in [1.165, 1.54) is 12.1 Å². The summed E-state index contributed by atoms with van der Waals surface area (Å²) in [6.07, 6.45) is -5.12. The van der Waals surface area contributed by atoms with E-state index in [0.717, 1.165) is 12.1 Å². The van der Waals surface area contributed by atoms with Crippen molar-refractivity contribution in [2.75, 3.05) is 13.1 Å². The van der Waals surface area contributed by atoms with E-state index in [0.29, 0.717) is 24.4 Å². The van der Waals surface area contributed by atoms with E-state index >= 15 is 0 Å². The normalized spacial score (nSPS) is 15.2. The Morgan fingerprint density at radius 2 is 1.62 bits per heavy atom. The molecule has 0 saturated heterocycles. The van der Waals surface area contributed by atoms with Crippen molar-refractivity contribution in [3.8, 4) is 0 Å². The second kappa shape index (κ2) is 7.77. The van der Waals surface area contributed by atoms with Crippen LogP contribution in [0, 0.1) is 5.92 Å². The largest absolute Gasteiger partial charge is 0.416 e. The maximum absolute atomic E-state index is 12.4. The summed E-state index contributed by atoms with van der Waals surface area (Å²) in [4.78, 5) is 0. The molecule has 6 heteroatoms. The minimum atomic E-state index is -4.37. The van der Waals surface area contributed by atoms with Crippen LogP contribution in [-0.2, 0) is 6.18 Å². The van der Waals surface area contributed by atoms with Gasteiger partial charge in [0.2, 0.25) is 0 Å². The van der Waals surface area contributed by atoms with Crippen molar-refractivity contribution in [2.45, 2.75) is 38.7 Å². The van der Waals surface area contributed by atoms with Gasteiger partial charge >= 0.3 is 6.18 Å². The highest BCUT2D eigenvalue weighted by Crippen LogP contribution is 2.29. The van der Waals surface area contributed by atoms with Crippen LogP contribution < -0.4 is 5.32 Å². The molecule has 21 heavy (non-hydrogen) atoms. The van der Waals surface area contributed by atoms with Crippen LogP contribution in [-0.4, -0.2) is 29.4 Å². The van der Waals surface area contributed by atoms with Gasteiger partial charge in [-0.15, -0.1) is 0 Å². The zero-order valence-corrected chi connectivity index (χ0v) is 12.2. The lowest BCUT2D eigenvalue weighted by molar-refractivity contribution is -0.137. The Labute approximate surface area is 122 Å². The summed E-state index contributed by atoms with van der Waals surface area (Å²) in [6.45, 7) is 4.52. The van der Waals surface area contributed by atoms with Gasteiger partial charge in [-0.05, 0) is 30.0 Å². The first-order valence-corrected chi connectivity index (χ1v) is 6.94. The molecule has 0 aromatic heterocycles. The van der Waals surface area contributed by atoms with Gasteiger partial charge in [-0.25, -0.2) is 0 Å². The van der Waals surface area contributed by atoms with Crippen LogP contribution in [0.3, 0.4) is 0 Å². The molecule has 0 radical (unpaired) electrons. The van der Waals surface area contributed by atoms with Crippen LogP contribution in [0.1, 0.15) is 37.5 Å². The van der Waals surface area contributed by atoms with Gasteiger partial charge in [0.05, 0.1) is 17.8 Å². The molecule has 0 spiro atoms. The summed E-state index contributed by atoms with van der Waals surface area (Å²) in [5.74, 6) is 0.377. The molecule has 0 fully saturated rings. The molecule has 1 aromatic rings. The van der Waals surface area contributed by atoms with Gasteiger partial charge in [-0.2, -0.15) is 13.2 Å². The first kappa shape index (κ1) is 17.9. The molecule has 0 aliphatic carbocycles. The number of rotatable bonds is 7. The van der Waals surface area contributed by atoms with E-state index in [1.54, 1.807) is 0 Å². The number of halogens is 3. The van der Waals surface area contributed by atoms with Gasteiger partial charge in [0, 0.05) is 13.1 Å². The Hall–Kier alpha value is -1.11. The molecular weight excluding hydrogens is 283 g/mol. The third kappa shape index (κ3) is 6.46. The van der Waals surface area contributed by atoms with Gasteiger partial charge < -0.3 is 15.5 Å². The van der Waals surface area contributed by atoms with Gasteiger partial charge in [0.25, 0.3) is 0 Å². The summed E-state index contributed by atoms with van der Waals surface area (Å²) in [5, 5.41) is 22.5. The third-order valence-electron chi connectivity index (χ3n) is 3.08. The number of hydrogen-bond acceptors (Lipinski definition) is 3. The standard InChI is InChI=1S/C15H22F3NO2/c1-10(2)7-13(20)8-19-9-14(21)11-3-5-12(6-4-11)15(16,17)18/h3-6,10,13-14,19-21H,7-9H2,1-2H3. The predicted octanol–water partition coefficient (Wildman–Crippen LogP) is 2.74. The van der Waals surface area contributed by atoms with Crippen molar-refractivity contribution in [3.05, 3.63) is 35.4 Å². The van der Waals surface area contributed by atoms with Gasteiger partial charge in [0.1, 0.15) is 0 Å². The highest BCUT2D eigenvalue weighted by atomic mass is 19.4. The monoisotopic (exact) mass is 305 g/mol. The van der Waals surface area contributed by atoms with E-state index in [2.05, 4.69) is 5.32 Å². The average Bonchev–Trinajstić information content (AvgIpc) is 2.36. The van der Waals surface area contributed by atoms with E-state index < -0.39 is 23.9 Å². The summed E-state index contributed by atoms with van der Waals surface area (Å²) in [5.41, 5.74) is -0.326. The Morgan fingerprint density at radius 3 is 2.10 bits per heavy atom. The van der Waals surface area contributed by atoms with E-state index in [9.17, 15) is 23.4 Å². The van der Waals surface area contributed by atoms with Crippen molar-refractivity contribution in [3.63, 3.8) is 0 Å². The highest BCUT2D eigenvalue weighted by Gasteiger charge is 2.30. The molecule has 0 amide bonds. The van der Waals surface area contributed by atoms with Crippen LogP contribution in [0.25, 0.3) is 0 Å². The topological polar surface area (TPSA) is 52.5 Å². The fraction of sp³-hybridized carbons (Fsp3) is 0.600. The third-order valence-corrected chi connectivity index (χ3v) is 3.08. The van der Waals surface area contributed by atoms with Crippen molar-refractivity contribution in [2.24, 2.45) is 5.92 Å². The average molecular weight is 305 g/mol. The summed E-state index contributed by atoms with van der Waals surface area (Å²) < 4.78 is 37.2. The van der Waals surface area contributed by atoms with Crippen LogP contribution in [0.15, 0.2) is 24.3 Å². The van der Waals surface area contributed by atoms with Gasteiger partial charge in [-0.1, -0.05) is 26.0 Å². The molecular formula is C15H22F3NO2. The number of benzene rings is 1. The molecule has 120 valence electrons. The smallest absolute Gasteiger partial charge is 0.392 e. The molecule has 0 aliphatic rings. The maximum Gasteiger partial charge on any atom is 0.416 e. The molecule has 1 rings (SSSR count).